The van der Waals surface area contributed by atoms with E-state index in [0.717, 1.165) is 14.9 Å². The van der Waals surface area contributed by atoms with E-state index in [1.807, 2.05) is 30.5 Å². The van der Waals surface area contributed by atoms with Crippen LogP contribution in [0.25, 0.3) is 0 Å². The fraction of sp³-hybridized carbons (Fsp3) is 0.0769. The fourth-order valence-electron chi connectivity index (χ4n) is 1.54. The SMILES string of the molecule is CSc1cc(N)cc(Sc2ccc(C(=O)NN)cc2)n1. The number of anilines is 1. The highest BCUT2D eigenvalue weighted by molar-refractivity contribution is 7.99. The Morgan fingerprint density at radius 2 is 1.85 bits per heavy atom. The van der Waals surface area contributed by atoms with E-state index in [1.54, 1.807) is 23.9 Å². The van der Waals surface area contributed by atoms with Crippen molar-refractivity contribution in [3.05, 3.63) is 42.0 Å². The van der Waals surface area contributed by atoms with Gasteiger partial charge in [0.05, 0.1) is 5.03 Å². The number of pyridine rings is 1. The molecule has 0 atom stereocenters. The number of hydrogen-bond acceptors (Lipinski definition) is 6. The lowest BCUT2D eigenvalue weighted by Gasteiger charge is -2.05. The van der Waals surface area contributed by atoms with Crippen LogP contribution in [-0.2, 0) is 0 Å². The number of nitrogens with zero attached hydrogens (tertiary/aromatic N) is 1. The van der Waals surface area contributed by atoms with Gasteiger partial charge in [-0.05, 0) is 42.7 Å². The number of nitrogens with two attached hydrogens (primary N) is 2. The van der Waals surface area contributed by atoms with E-state index in [1.165, 1.54) is 11.8 Å². The molecule has 0 saturated heterocycles. The molecule has 0 aliphatic carbocycles. The third-order valence-corrected chi connectivity index (χ3v) is 4.03. The van der Waals surface area contributed by atoms with E-state index in [4.69, 9.17) is 11.6 Å². The van der Waals surface area contributed by atoms with Crippen molar-refractivity contribution in [3.63, 3.8) is 0 Å². The van der Waals surface area contributed by atoms with Gasteiger partial charge in [0, 0.05) is 16.1 Å². The average molecular weight is 306 g/mol. The summed E-state index contributed by atoms with van der Waals surface area (Å²) in [6.07, 6.45) is 1.95. The van der Waals surface area contributed by atoms with Gasteiger partial charge >= 0.3 is 0 Å². The summed E-state index contributed by atoms with van der Waals surface area (Å²) in [7, 11) is 0. The minimum atomic E-state index is -0.312. The lowest BCUT2D eigenvalue weighted by atomic mass is 10.2. The van der Waals surface area contributed by atoms with E-state index in [2.05, 4.69) is 10.4 Å². The highest BCUT2D eigenvalue weighted by atomic mass is 32.2. The summed E-state index contributed by atoms with van der Waals surface area (Å²) in [4.78, 5) is 16.8. The molecule has 0 bridgehead atoms. The van der Waals surface area contributed by atoms with E-state index in [-0.39, 0.29) is 5.91 Å². The van der Waals surface area contributed by atoms with Crippen LogP contribution in [-0.4, -0.2) is 17.1 Å². The number of nitrogen functional groups attached to an aromatic ring is 2. The summed E-state index contributed by atoms with van der Waals surface area (Å²) in [5.74, 6) is 4.77. The third-order valence-electron chi connectivity index (χ3n) is 2.48. The Hall–Kier alpha value is -1.70. The summed E-state index contributed by atoms with van der Waals surface area (Å²) in [6, 6.07) is 10.8. The maximum absolute atomic E-state index is 11.3. The number of hydrazine groups is 1. The zero-order valence-corrected chi connectivity index (χ0v) is 12.4. The summed E-state index contributed by atoms with van der Waals surface area (Å²) in [5, 5.41) is 1.71. The number of amides is 1. The second-order valence-electron chi connectivity index (χ2n) is 3.88. The molecule has 1 aromatic carbocycles. The van der Waals surface area contributed by atoms with Gasteiger partial charge in [0.2, 0.25) is 0 Å². The van der Waals surface area contributed by atoms with Crippen LogP contribution in [0.15, 0.2) is 51.3 Å². The Kier molecular flexibility index (Phi) is 4.89. The molecule has 1 heterocycles. The largest absolute Gasteiger partial charge is 0.399 e. The molecule has 1 aromatic heterocycles. The molecule has 7 heteroatoms. The fourth-order valence-corrected chi connectivity index (χ4v) is 2.89. The molecule has 0 radical (unpaired) electrons. The monoisotopic (exact) mass is 306 g/mol. The van der Waals surface area contributed by atoms with Gasteiger partial charge in [-0.15, -0.1) is 11.8 Å². The highest BCUT2D eigenvalue weighted by Crippen LogP contribution is 2.29. The number of rotatable bonds is 4. The standard InChI is InChI=1S/C13H14N4OS2/c1-19-11-6-9(14)7-12(16-11)20-10-4-2-8(3-5-10)13(18)17-15/h2-7H,15H2,1H3,(H2,14,16)(H,17,18). The predicted octanol–water partition coefficient (Wildman–Crippen LogP) is 2.14. The molecular formula is C13H14N4OS2. The molecule has 2 aromatic rings. The van der Waals surface area contributed by atoms with Crippen molar-refractivity contribution in [2.45, 2.75) is 14.9 Å². The van der Waals surface area contributed by atoms with Crippen LogP contribution in [0, 0.1) is 0 Å². The Morgan fingerprint density at radius 3 is 2.45 bits per heavy atom. The van der Waals surface area contributed by atoms with Gasteiger partial charge in [0.15, 0.2) is 0 Å². The Morgan fingerprint density at radius 1 is 1.20 bits per heavy atom. The molecule has 0 fully saturated rings. The zero-order valence-electron chi connectivity index (χ0n) is 10.8. The van der Waals surface area contributed by atoms with E-state index in [9.17, 15) is 4.79 Å². The number of thioether (sulfide) groups is 1. The van der Waals surface area contributed by atoms with Crippen LogP contribution in [0.3, 0.4) is 0 Å². The second-order valence-corrected chi connectivity index (χ2v) is 5.80. The van der Waals surface area contributed by atoms with Gasteiger partial charge < -0.3 is 5.73 Å². The maximum Gasteiger partial charge on any atom is 0.265 e. The Bertz CT molecular complexity index is 616. The minimum absolute atomic E-state index is 0.312. The highest BCUT2D eigenvalue weighted by Gasteiger charge is 2.05. The van der Waals surface area contributed by atoms with Gasteiger partial charge in [-0.25, -0.2) is 10.8 Å². The second kappa shape index (κ2) is 6.65. The summed E-state index contributed by atoms with van der Waals surface area (Å²) in [6.45, 7) is 0. The molecule has 1 amide bonds. The first-order chi connectivity index (χ1) is 9.62. The molecule has 5 nitrogen and oxygen atoms in total. The summed E-state index contributed by atoms with van der Waals surface area (Å²) >= 11 is 3.04. The van der Waals surface area contributed by atoms with Crippen LogP contribution in [0.5, 0.6) is 0 Å². The normalized spacial score (nSPS) is 10.3. The number of carbonyl (C=O) groups is 1. The summed E-state index contributed by atoms with van der Waals surface area (Å²) in [5.41, 5.74) is 9.13. The molecule has 2 rings (SSSR count). The van der Waals surface area contributed by atoms with Gasteiger partial charge in [-0.3, -0.25) is 10.2 Å². The molecule has 0 spiro atoms. The predicted molar refractivity (Wildman–Crippen MR) is 82.6 cm³/mol. The topological polar surface area (TPSA) is 94.0 Å². The summed E-state index contributed by atoms with van der Waals surface area (Å²) < 4.78 is 0. The smallest absolute Gasteiger partial charge is 0.265 e. The van der Waals surface area contributed by atoms with Crippen molar-refractivity contribution in [1.29, 1.82) is 0 Å². The van der Waals surface area contributed by atoms with Crippen molar-refractivity contribution >= 4 is 35.1 Å². The van der Waals surface area contributed by atoms with Crippen molar-refractivity contribution in [2.75, 3.05) is 12.0 Å². The molecule has 20 heavy (non-hydrogen) atoms. The molecular weight excluding hydrogens is 292 g/mol. The lowest BCUT2D eigenvalue weighted by molar-refractivity contribution is 0.0953. The minimum Gasteiger partial charge on any atom is -0.399 e. The first kappa shape index (κ1) is 14.7. The van der Waals surface area contributed by atoms with Crippen molar-refractivity contribution in [3.8, 4) is 0 Å². The molecule has 0 saturated carbocycles. The maximum atomic E-state index is 11.3. The average Bonchev–Trinajstić information content (AvgIpc) is 2.46. The molecule has 0 aliphatic rings. The van der Waals surface area contributed by atoms with Crippen molar-refractivity contribution in [1.82, 2.24) is 10.4 Å². The van der Waals surface area contributed by atoms with Crippen LogP contribution in [0.2, 0.25) is 0 Å². The van der Waals surface area contributed by atoms with Crippen LogP contribution >= 0.6 is 23.5 Å². The molecule has 0 aliphatic heterocycles. The number of hydrogen-bond donors (Lipinski definition) is 3. The molecule has 104 valence electrons. The van der Waals surface area contributed by atoms with E-state index in [0.29, 0.717) is 11.3 Å². The number of benzene rings is 1. The Balaban J connectivity index is 2.17. The van der Waals surface area contributed by atoms with Gasteiger partial charge in [-0.1, -0.05) is 11.8 Å². The van der Waals surface area contributed by atoms with Crippen LogP contribution in [0.4, 0.5) is 5.69 Å². The first-order valence-electron chi connectivity index (χ1n) is 5.73. The van der Waals surface area contributed by atoms with E-state index >= 15 is 0 Å². The van der Waals surface area contributed by atoms with E-state index < -0.39 is 0 Å². The molecule has 0 unspecified atom stereocenters. The Labute approximate surface area is 125 Å². The first-order valence-corrected chi connectivity index (χ1v) is 7.77. The van der Waals surface area contributed by atoms with Crippen molar-refractivity contribution in [2.24, 2.45) is 5.84 Å². The van der Waals surface area contributed by atoms with Gasteiger partial charge in [-0.2, -0.15) is 0 Å². The van der Waals surface area contributed by atoms with Crippen LogP contribution < -0.4 is 17.0 Å². The van der Waals surface area contributed by atoms with Gasteiger partial charge in [0.25, 0.3) is 5.91 Å². The zero-order chi connectivity index (χ0) is 14.5. The van der Waals surface area contributed by atoms with Gasteiger partial charge in [0.1, 0.15) is 5.03 Å². The molecule has 5 N–H and O–H groups in total. The number of nitrogens with one attached hydrogen (secondary N) is 1. The number of aromatic nitrogens is 1. The van der Waals surface area contributed by atoms with Crippen molar-refractivity contribution < 1.29 is 4.79 Å². The van der Waals surface area contributed by atoms with Crippen LogP contribution in [0.1, 0.15) is 10.4 Å². The lowest BCUT2D eigenvalue weighted by Crippen LogP contribution is -2.29. The number of carbonyl (C=O) groups excluding carboxylic acids is 1. The quantitative estimate of drug-likeness (QED) is 0.347. The third kappa shape index (κ3) is 3.66.